The molecule has 4 heteroatoms. The van der Waals surface area contributed by atoms with E-state index < -0.39 is 0 Å². The number of ether oxygens (including phenoxy) is 1. The van der Waals surface area contributed by atoms with E-state index in [0.29, 0.717) is 6.54 Å². The number of benzene rings is 1. The van der Waals surface area contributed by atoms with Gasteiger partial charge in [0.05, 0.1) is 13.0 Å². The second kappa shape index (κ2) is 4.80. The van der Waals surface area contributed by atoms with E-state index in [1.165, 1.54) is 12.7 Å². The molecule has 1 unspecified atom stereocenters. The van der Waals surface area contributed by atoms with Crippen molar-refractivity contribution in [1.29, 1.82) is 0 Å². The molecule has 0 radical (unpaired) electrons. The maximum atomic E-state index is 11.9. The number of esters is 1. The minimum Gasteiger partial charge on any atom is -0.469 e. The molecule has 0 N–H and O–H groups in total. The number of anilines is 1. The molecular formula is C14H17NO3. The number of carbonyl (C=O) groups excluding carboxylic acids is 2. The second-order valence-electron chi connectivity index (χ2n) is 4.70. The highest BCUT2D eigenvalue weighted by Crippen LogP contribution is 2.27. The SMILES string of the molecule is COC(=O)C1CC(=O)N(c2ccc(C)c(C)c2)C1. The van der Waals surface area contributed by atoms with Crippen LogP contribution in [0.15, 0.2) is 18.2 Å². The summed E-state index contributed by atoms with van der Waals surface area (Å²) in [5.41, 5.74) is 3.19. The van der Waals surface area contributed by atoms with Crippen molar-refractivity contribution in [2.45, 2.75) is 20.3 Å². The van der Waals surface area contributed by atoms with Crippen molar-refractivity contribution in [3.8, 4) is 0 Å². The number of carbonyl (C=O) groups is 2. The quantitative estimate of drug-likeness (QED) is 0.749. The number of rotatable bonds is 2. The monoisotopic (exact) mass is 247 g/mol. The van der Waals surface area contributed by atoms with Crippen LogP contribution in [0.1, 0.15) is 17.5 Å². The Hall–Kier alpha value is -1.84. The summed E-state index contributed by atoms with van der Waals surface area (Å²) in [7, 11) is 1.35. The van der Waals surface area contributed by atoms with Crippen LogP contribution in [-0.4, -0.2) is 25.5 Å². The Kier molecular flexibility index (Phi) is 3.36. The largest absolute Gasteiger partial charge is 0.469 e. The van der Waals surface area contributed by atoms with Gasteiger partial charge in [0.15, 0.2) is 0 Å². The van der Waals surface area contributed by atoms with Gasteiger partial charge >= 0.3 is 5.97 Å². The molecule has 1 atom stereocenters. The van der Waals surface area contributed by atoms with E-state index in [0.717, 1.165) is 11.3 Å². The van der Waals surface area contributed by atoms with E-state index in [9.17, 15) is 9.59 Å². The Labute approximate surface area is 107 Å². The van der Waals surface area contributed by atoms with E-state index in [2.05, 4.69) is 0 Å². The third kappa shape index (κ3) is 2.23. The van der Waals surface area contributed by atoms with Crippen LogP contribution in [0.4, 0.5) is 5.69 Å². The average Bonchev–Trinajstić information content (AvgIpc) is 2.74. The summed E-state index contributed by atoms with van der Waals surface area (Å²) in [6, 6.07) is 5.89. The molecule has 0 spiro atoms. The standard InChI is InChI=1S/C14H17NO3/c1-9-4-5-12(6-10(9)2)15-8-11(7-13(15)16)14(17)18-3/h4-6,11H,7-8H2,1-3H3. The first-order valence-corrected chi connectivity index (χ1v) is 5.98. The molecule has 0 aromatic heterocycles. The molecule has 1 heterocycles. The Bertz CT molecular complexity index is 496. The molecule has 1 aliphatic heterocycles. The van der Waals surface area contributed by atoms with Crippen LogP contribution in [0.25, 0.3) is 0 Å². The molecule has 0 saturated carbocycles. The highest BCUT2D eigenvalue weighted by Gasteiger charge is 2.35. The molecule has 4 nitrogen and oxygen atoms in total. The highest BCUT2D eigenvalue weighted by atomic mass is 16.5. The van der Waals surface area contributed by atoms with Gasteiger partial charge in [-0.15, -0.1) is 0 Å². The number of aryl methyl sites for hydroxylation is 2. The van der Waals surface area contributed by atoms with Gasteiger partial charge in [0, 0.05) is 18.7 Å². The van der Waals surface area contributed by atoms with Crippen LogP contribution in [0, 0.1) is 19.8 Å². The lowest BCUT2D eigenvalue weighted by atomic mass is 10.1. The summed E-state index contributed by atoms with van der Waals surface area (Å²) < 4.78 is 4.69. The molecule has 1 aromatic rings. The van der Waals surface area contributed by atoms with E-state index in [1.807, 2.05) is 32.0 Å². The van der Waals surface area contributed by atoms with E-state index in [4.69, 9.17) is 4.74 Å². The van der Waals surface area contributed by atoms with Crippen LogP contribution in [0.5, 0.6) is 0 Å². The van der Waals surface area contributed by atoms with Crippen molar-refractivity contribution in [2.24, 2.45) is 5.92 Å². The van der Waals surface area contributed by atoms with Crippen LogP contribution in [-0.2, 0) is 14.3 Å². The lowest BCUT2D eigenvalue weighted by molar-refractivity contribution is -0.145. The molecule has 1 aliphatic rings. The van der Waals surface area contributed by atoms with Crippen LogP contribution in [0.3, 0.4) is 0 Å². The Morgan fingerprint density at radius 1 is 1.33 bits per heavy atom. The molecule has 18 heavy (non-hydrogen) atoms. The molecule has 0 bridgehead atoms. The molecule has 1 fully saturated rings. The van der Waals surface area contributed by atoms with Gasteiger partial charge in [0.1, 0.15) is 0 Å². The molecule has 2 rings (SSSR count). The topological polar surface area (TPSA) is 46.6 Å². The Morgan fingerprint density at radius 3 is 2.67 bits per heavy atom. The Morgan fingerprint density at radius 2 is 2.06 bits per heavy atom. The zero-order valence-electron chi connectivity index (χ0n) is 10.9. The number of hydrogen-bond acceptors (Lipinski definition) is 3. The van der Waals surface area contributed by atoms with Crippen molar-refractivity contribution < 1.29 is 14.3 Å². The Balaban J connectivity index is 2.21. The maximum Gasteiger partial charge on any atom is 0.311 e. The van der Waals surface area contributed by atoms with Gasteiger partial charge in [0.25, 0.3) is 0 Å². The lowest BCUT2D eigenvalue weighted by Crippen LogP contribution is -2.26. The first kappa shape index (κ1) is 12.6. The minimum atomic E-state index is -0.343. The van der Waals surface area contributed by atoms with E-state index in [1.54, 1.807) is 4.90 Å². The summed E-state index contributed by atoms with van der Waals surface area (Å²) in [5, 5.41) is 0. The zero-order chi connectivity index (χ0) is 13.3. The highest BCUT2D eigenvalue weighted by molar-refractivity contribution is 5.99. The summed E-state index contributed by atoms with van der Waals surface area (Å²) >= 11 is 0. The van der Waals surface area contributed by atoms with Gasteiger partial charge < -0.3 is 9.64 Å². The summed E-state index contributed by atoms with van der Waals surface area (Å²) in [5.74, 6) is -0.674. The average molecular weight is 247 g/mol. The fourth-order valence-corrected chi connectivity index (χ4v) is 2.18. The van der Waals surface area contributed by atoms with Gasteiger partial charge in [-0.3, -0.25) is 9.59 Å². The van der Waals surface area contributed by atoms with E-state index in [-0.39, 0.29) is 24.2 Å². The van der Waals surface area contributed by atoms with Crippen LogP contribution in [0.2, 0.25) is 0 Å². The smallest absolute Gasteiger partial charge is 0.311 e. The summed E-state index contributed by atoms with van der Waals surface area (Å²) in [6.45, 7) is 4.45. The fraction of sp³-hybridized carbons (Fsp3) is 0.429. The molecule has 96 valence electrons. The molecule has 1 saturated heterocycles. The molecular weight excluding hydrogens is 230 g/mol. The van der Waals surface area contributed by atoms with Gasteiger partial charge in [-0.1, -0.05) is 6.07 Å². The number of hydrogen-bond donors (Lipinski definition) is 0. The molecule has 0 aliphatic carbocycles. The van der Waals surface area contributed by atoms with Crippen LogP contribution >= 0.6 is 0 Å². The minimum absolute atomic E-state index is 0.0198. The van der Waals surface area contributed by atoms with Crippen molar-refractivity contribution in [2.75, 3.05) is 18.6 Å². The molecule has 1 amide bonds. The van der Waals surface area contributed by atoms with Crippen LogP contribution < -0.4 is 4.90 Å². The number of methoxy groups -OCH3 is 1. The van der Waals surface area contributed by atoms with Crippen molar-refractivity contribution in [3.05, 3.63) is 29.3 Å². The van der Waals surface area contributed by atoms with Crippen molar-refractivity contribution in [3.63, 3.8) is 0 Å². The first-order chi connectivity index (χ1) is 8.52. The van der Waals surface area contributed by atoms with Crippen molar-refractivity contribution in [1.82, 2.24) is 0 Å². The maximum absolute atomic E-state index is 11.9. The second-order valence-corrected chi connectivity index (χ2v) is 4.70. The zero-order valence-corrected chi connectivity index (χ0v) is 10.9. The molecule has 1 aromatic carbocycles. The summed E-state index contributed by atoms with van der Waals surface area (Å²) in [6.07, 6.45) is 0.236. The third-order valence-corrected chi connectivity index (χ3v) is 3.46. The van der Waals surface area contributed by atoms with Gasteiger partial charge in [-0.2, -0.15) is 0 Å². The normalized spacial score (nSPS) is 19.2. The van der Waals surface area contributed by atoms with E-state index >= 15 is 0 Å². The summed E-state index contributed by atoms with van der Waals surface area (Å²) in [4.78, 5) is 25.0. The number of amides is 1. The van der Waals surface area contributed by atoms with Gasteiger partial charge in [-0.25, -0.2) is 0 Å². The predicted molar refractivity (Wildman–Crippen MR) is 68.4 cm³/mol. The van der Waals surface area contributed by atoms with Gasteiger partial charge in [0.2, 0.25) is 5.91 Å². The fourth-order valence-electron chi connectivity index (χ4n) is 2.18. The lowest BCUT2D eigenvalue weighted by Gasteiger charge is -2.17. The first-order valence-electron chi connectivity index (χ1n) is 5.98. The third-order valence-electron chi connectivity index (χ3n) is 3.46. The number of nitrogens with zero attached hydrogens (tertiary/aromatic N) is 1. The van der Waals surface area contributed by atoms with Gasteiger partial charge in [-0.05, 0) is 37.1 Å². The predicted octanol–water partition coefficient (Wildman–Crippen LogP) is 1.83. The van der Waals surface area contributed by atoms with Crippen molar-refractivity contribution >= 4 is 17.6 Å².